The van der Waals surface area contributed by atoms with Crippen molar-refractivity contribution in [3.05, 3.63) is 75.5 Å². The second-order valence-electron chi connectivity index (χ2n) is 6.51. The SMILES string of the molecule is COc1ccc(NC(=O)CCNC(=O)c2nc(SCc3ccccc3Cl)ncc2Br)cc1. The molecule has 3 rings (SSSR count). The number of ether oxygens (including phenoxy) is 1. The number of hydrogen-bond acceptors (Lipinski definition) is 6. The van der Waals surface area contributed by atoms with Gasteiger partial charge in [-0.1, -0.05) is 41.6 Å². The van der Waals surface area contributed by atoms with Crippen molar-refractivity contribution < 1.29 is 14.3 Å². The smallest absolute Gasteiger partial charge is 0.271 e. The zero-order valence-electron chi connectivity index (χ0n) is 17.1. The summed E-state index contributed by atoms with van der Waals surface area (Å²) in [4.78, 5) is 33.2. The van der Waals surface area contributed by atoms with Gasteiger partial charge in [-0.15, -0.1) is 0 Å². The summed E-state index contributed by atoms with van der Waals surface area (Å²) in [5, 5.41) is 6.61. The molecule has 2 amide bonds. The summed E-state index contributed by atoms with van der Waals surface area (Å²) in [5.74, 6) is 0.674. The molecule has 0 saturated heterocycles. The predicted molar refractivity (Wildman–Crippen MR) is 129 cm³/mol. The molecule has 10 heteroatoms. The number of anilines is 1. The summed E-state index contributed by atoms with van der Waals surface area (Å²) in [6.07, 6.45) is 1.65. The normalized spacial score (nSPS) is 10.5. The number of hydrogen-bond donors (Lipinski definition) is 2. The number of methoxy groups -OCH3 is 1. The molecule has 32 heavy (non-hydrogen) atoms. The Kier molecular flexibility index (Phi) is 8.90. The van der Waals surface area contributed by atoms with Gasteiger partial charge in [-0.2, -0.15) is 0 Å². The van der Waals surface area contributed by atoms with Gasteiger partial charge in [0, 0.05) is 35.6 Å². The van der Waals surface area contributed by atoms with Crippen molar-refractivity contribution in [1.82, 2.24) is 15.3 Å². The molecule has 0 aliphatic carbocycles. The second kappa shape index (κ2) is 11.8. The third-order valence-electron chi connectivity index (χ3n) is 4.26. The Bertz CT molecular complexity index is 1100. The number of nitrogens with zero attached hydrogens (tertiary/aromatic N) is 2. The van der Waals surface area contributed by atoms with E-state index in [2.05, 4.69) is 36.5 Å². The fourth-order valence-electron chi connectivity index (χ4n) is 2.61. The Morgan fingerprint density at radius 1 is 1.16 bits per heavy atom. The Morgan fingerprint density at radius 3 is 2.62 bits per heavy atom. The van der Waals surface area contributed by atoms with Crippen LogP contribution in [0.15, 0.2) is 64.4 Å². The van der Waals surface area contributed by atoms with Crippen molar-refractivity contribution >= 4 is 56.8 Å². The van der Waals surface area contributed by atoms with Crippen LogP contribution in [-0.4, -0.2) is 35.4 Å². The van der Waals surface area contributed by atoms with Gasteiger partial charge in [0.15, 0.2) is 5.16 Å². The number of thioether (sulfide) groups is 1. The van der Waals surface area contributed by atoms with Crippen molar-refractivity contribution in [3.8, 4) is 5.75 Å². The minimum atomic E-state index is -0.392. The summed E-state index contributed by atoms with van der Waals surface area (Å²) in [5.41, 5.74) is 1.82. The minimum absolute atomic E-state index is 0.120. The number of amides is 2. The van der Waals surface area contributed by atoms with Crippen LogP contribution >= 0.6 is 39.3 Å². The van der Waals surface area contributed by atoms with E-state index in [4.69, 9.17) is 16.3 Å². The standard InChI is InChI=1S/C22H20BrClN4O3S/c1-31-16-8-6-15(7-9-16)27-19(29)10-11-25-21(30)20-17(23)12-26-22(28-20)32-13-14-4-2-3-5-18(14)24/h2-9,12H,10-11,13H2,1H3,(H,25,30)(H,27,29). The van der Waals surface area contributed by atoms with E-state index in [1.165, 1.54) is 18.0 Å². The number of rotatable bonds is 9. The van der Waals surface area contributed by atoms with Crippen molar-refractivity contribution in [1.29, 1.82) is 0 Å². The van der Waals surface area contributed by atoms with Crippen molar-refractivity contribution in [3.63, 3.8) is 0 Å². The van der Waals surface area contributed by atoms with E-state index < -0.39 is 5.91 Å². The molecule has 0 bridgehead atoms. The molecule has 1 aromatic heterocycles. The lowest BCUT2D eigenvalue weighted by atomic mass is 10.2. The first-order valence-corrected chi connectivity index (χ1v) is 11.7. The van der Waals surface area contributed by atoms with Crippen LogP contribution in [0, 0.1) is 0 Å². The highest BCUT2D eigenvalue weighted by molar-refractivity contribution is 9.10. The van der Waals surface area contributed by atoms with Gasteiger partial charge in [-0.25, -0.2) is 9.97 Å². The van der Waals surface area contributed by atoms with Crippen LogP contribution in [0.25, 0.3) is 0 Å². The van der Waals surface area contributed by atoms with E-state index in [1.54, 1.807) is 31.4 Å². The van der Waals surface area contributed by atoms with Gasteiger partial charge in [0.05, 0.1) is 11.6 Å². The number of nitrogens with one attached hydrogen (secondary N) is 2. The molecule has 0 aliphatic rings. The summed E-state index contributed by atoms with van der Waals surface area (Å²) < 4.78 is 5.56. The molecule has 0 fully saturated rings. The molecule has 7 nitrogen and oxygen atoms in total. The number of halogens is 2. The second-order valence-corrected chi connectivity index (χ2v) is 8.72. The number of benzene rings is 2. The van der Waals surface area contributed by atoms with Crippen LogP contribution in [0.3, 0.4) is 0 Å². The highest BCUT2D eigenvalue weighted by Crippen LogP contribution is 2.25. The van der Waals surface area contributed by atoms with E-state index in [-0.39, 0.29) is 24.6 Å². The van der Waals surface area contributed by atoms with Gasteiger partial charge in [0.25, 0.3) is 5.91 Å². The van der Waals surface area contributed by atoms with Crippen LogP contribution < -0.4 is 15.4 Å². The van der Waals surface area contributed by atoms with E-state index in [0.29, 0.717) is 31.8 Å². The molecule has 2 aromatic carbocycles. The van der Waals surface area contributed by atoms with Gasteiger partial charge in [0.2, 0.25) is 5.91 Å². The van der Waals surface area contributed by atoms with Crippen molar-refractivity contribution in [2.24, 2.45) is 0 Å². The third kappa shape index (κ3) is 6.94. The number of aromatic nitrogens is 2. The van der Waals surface area contributed by atoms with Gasteiger partial charge in [-0.3, -0.25) is 9.59 Å². The fraction of sp³-hybridized carbons (Fsp3) is 0.182. The molecule has 0 unspecified atom stereocenters. The zero-order chi connectivity index (χ0) is 22.9. The maximum Gasteiger partial charge on any atom is 0.271 e. The lowest BCUT2D eigenvalue weighted by Gasteiger charge is -2.09. The van der Waals surface area contributed by atoms with Crippen LogP contribution in [0.2, 0.25) is 5.02 Å². The monoisotopic (exact) mass is 534 g/mol. The molecule has 0 atom stereocenters. The van der Waals surface area contributed by atoms with E-state index in [9.17, 15) is 9.59 Å². The Morgan fingerprint density at radius 2 is 1.91 bits per heavy atom. The molecule has 0 saturated carbocycles. The minimum Gasteiger partial charge on any atom is -0.497 e. The molecule has 0 aliphatic heterocycles. The van der Waals surface area contributed by atoms with Gasteiger partial charge in [0.1, 0.15) is 11.4 Å². The highest BCUT2D eigenvalue weighted by Gasteiger charge is 2.15. The molecule has 0 radical (unpaired) electrons. The molecular weight excluding hydrogens is 516 g/mol. The zero-order valence-corrected chi connectivity index (χ0v) is 20.3. The quantitative estimate of drug-likeness (QED) is 0.297. The maximum absolute atomic E-state index is 12.5. The van der Waals surface area contributed by atoms with Crippen molar-refractivity contribution in [2.75, 3.05) is 19.0 Å². The van der Waals surface area contributed by atoms with Crippen LogP contribution in [-0.2, 0) is 10.5 Å². The maximum atomic E-state index is 12.5. The highest BCUT2D eigenvalue weighted by atomic mass is 79.9. The predicted octanol–water partition coefficient (Wildman–Crippen LogP) is 4.95. The number of carbonyl (C=O) groups is 2. The first-order chi connectivity index (χ1) is 15.5. The largest absolute Gasteiger partial charge is 0.497 e. The lowest BCUT2D eigenvalue weighted by Crippen LogP contribution is -2.28. The molecule has 166 valence electrons. The first kappa shape index (κ1) is 24.0. The van der Waals surface area contributed by atoms with Crippen LogP contribution in [0.1, 0.15) is 22.5 Å². The number of carbonyl (C=O) groups excluding carboxylic acids is 2. The molecule has 2 N–H and O–H groups in total. The molecule has 1 heterocycles. The van der Waals surface area contributed by atoms with Gasteiger partial charge >= 0.3 is 0 Å². The van der Waals surface area contributed by atoms with Gasteiger partial charge < -0.3 is 15.4 Å². The Labute approximate surface area is 203 Å². The van der Waals surface area contributed by atoms with Crippen molar-refractivity contribution in [2.45, 2.75) is 17.3 Å². The molecular formula is C22H20BrClN4O3S. The third-order valence-corrected chi connectivity index (χ3v) is 6.12. The Balaban J connectivity index is 1.51. The van der Waals surface area contributed by atoms with E-state index in [1.807, 2.05) is 24.3 Å². The average molecular weight is 536 g/mol. The molecule has 3 aromatic rings. The Hall–Kier alpha value is -2.62. The van der Waals surface area contributed by atoms with Crippen LogP contribution in [0.4, 0.5) is 5.69 Å². The summed E-state index contributed by atoms with van der Waals surface area (Å²) >= 11 is 10.9. The molecule has 0 spiro atoms. The van der Waals surface area contributed by atoms with Crippen LogP contribution in [0.5, 0.6) is 5.75 Å². The fourth-order valence-corrected chi connectivity index (χ4v) is 4.08. The first-order valence-electron chi connectivity index (χ1n) is 9.57. The summed E-state index contributed by atoms with van der Waals surface area (Å²) in [6.45, 7) is 0.166. The average Bonchev–Trinajstić information content (AvgIpc) is 2.80. The van der Waals surface area contributed by atoms with Gasteiger partial charge in [-0.05, 0) is 51.8 Å². The van der Waals surface area contributed by atoms with E-state index >= 15 is 0 Å². The summed E-state index contributed by atoms with van der Waals surface area (Å²) in [6, 6.07) is 14.5. The summed E-state index contributed by atoms with van der Waals surface area (Å²) in [7, 11) is 1.58. The topological polar surface area (TPSA) is 93.2 Å². The van der Waals surface area contributed by atoms with E-state index in [0.717, 1.165) is 5.56 Å². The lowest BCUT2D eigenvalue weighted by molar-refractivity contribution is -0.116.